The summed E-state index contributed by atoms with van der Waals surface area (Å²) in [6, 6.07) is 9.68. The summed E-state index contributed by atoms with van der Waals surface area (Å²) in [5, 5.41) is 14.1. The first-order valence-electron chi connectivity index (χ1n) is 5.80. The van der Waals surface area contributed by atoms with Crippen LogP contribution in [0.15, 0.2) is 41.1 Å². The predicted octanol–water partition coefficient (Wildman–Crippen LogP) is 3.37. The Morgan fingerprint density at radius 1 is 1.12 bits per heavy atom. The molecule has 1 aliphatic carbocycles. The molecule has 1 N–H and O–H groups in total. The minimum absolute atomic E-state index is 0.419. The van der Waals surface area contributed by atoms with Gasteiger partial charge in [-0.15, -0.1) is 0 Å². The first-order chi connectivity index (χ1) is 8.33. The van der Waals surface area contributed by atoms with Gasteiger partial charge in [0.05, 0.1) is 6.10 Å². The second kappa shape index (κ2) is 4.51. The molecule has 0 bridgehead atoms. The molecule has 3 rings (SSSR count). The van der Waals surface area contributed by atoms with Crippen LogP contribution in [0.25, 0.3) is 0 Å². The van der Waals surface area contributed by atoms with Gasteiger partial charge in [0.1, 0.15) is 11.9 Å². The quantitative estimate of drug-likeness (QED) is 0.896. The van der Waals surface area contributed by atoms with E-state index in [-0.39, 0.29) is 0 Å². The summed E-state index contributed by atoms with van der Waals surface area (Å²) in [6.45, 7) is 0. The molecule has 1 aromatic heterocycles. The Labute approximate surface area is 104 Å². The zero-order chi connectivity index (χ0) is 11.7. The summed E-state index contributed by atoms with van der Waals surface area (Å²) in [7, 11) is 0. The van der Waals surface area contributed by atoms with Crippen molar-refractivity contribution in [2.75, 3.05) is 0 Å². The van der Waals surface area contributed by atoms with E-state index in [0.29, 0.717) is 6.10 Å². The number of ether oxygens (including phenoxy) is 1. The first-order valence-corrected chi connectivity index (χ1v) is 6.74. The molecule has 0 spiro atoms. The van der Waals surface area contributed by atoms with Gasteiger partial charge >= 0.3 is 0 Å². The molecule has 1 aromatic carbocycles. The summed E-state index contributed by atoms with van der Waals surface area (Å²) in [6.07, 6.45) is 2.22. The van der Waals surface area contributed by atoms with E-state index in [1.54, 1.807) is 11.3 Å². The summed E-state index contributed by atoms with van der Waals surface area (Å²) < 4.78 is 5.67. The van der Waals surface area contributed by atoms with Gasteiger partial charge in [0.15, 0.2) is 0 Å². The Balaban J connectivity index is 1.74. The first kappa shape index (κ1) is 10.8. The molecule has 2 nitrogen and oxygen atoms in total. The van der Waals surface area contributed by atoms with Crippen LogP contribution in [0.1, 0.15) is 30.1 Å². The summed E-state index contributed by atoms with van der Waals surface area (Å²) in [5.41, 5.74) is 1.86. The third-order valence-corrected chi connectivity index (χ3v) is 3.58. The van der Waals surface area contributed by atoms with E-state index < -0.39 is 6.10 Å². The van der Waals surface area contributed by atoms with E-state index in [9.17, 15) is 5.11 Å². The monoisotopic (exact) mass is 246 g/mol. The molecule has 17 heavy (non-hydrogen) atoms. The van der Waals surface area contributed by atoms with E-state index in [2.05, 4.69) is 0 Å². The van der Waals surface area contributed by atoms with Crippen molar-refractivity contribution in [1.82, 2.24) is 0 Å². The molecule has 1 saturated carbocycles. The minimum atomic E-state index is -0.531. The maximum absolute atomic E-state index is 10.1. The Kier molecular flexibility index (Phi) is 2.87. The van der Waals surface area contributed by atoms with Crippen LogP contribution in [0.4, 0.5) is 0 Å². The highest BCUT2D eigenvalue weighted by Gasteiger charge is 2.23. The van der Waals surface area contributed by atoms with Crippen LogP contribution in [0.3, 0.4) is 0 Å². The van der Waals surface area contributed by atoms with Crippen LogP contribution < -0.4 is 4.74 Å². The second-order valence-corrected chi connectivity index (χ2v) is 5.13. The molecular weight excluding hydrogens is 232 g/mol. The lowest BCUT2D eigenvalue weighted by Crippen LogP contribution is -1.99. The molecule has 1 atom stereocenters. The lowest BCUT2D eigenvalue weighted by molar-refractivity contribution is 0.220. The number of benzene rings is 1. The Bertz CT molecular complexity index is 471. The number of rotatable bonds is 4. The van der Waals surface area contributed by atoms with E-state index in [0.717, 1.165) is 16.9 Å². The van der Waals surface area contributed by atoms with Crippen molar-refractivity contribution in [1.29, 1.82) is 0 Å². The Morgan fingerprint density at radius 2 is 1.88 bits per heavy atom. The number of hydrogen-bond acceptors (Lipinski definition) is 3. The average molecular weight is 246 g/mol. The fourth-order valence-corrected chi connectivity index (χ4v) is 2.41. The molecule has 1 aliphatic rings. The molecule has 0 amide bonds. The van der Waals surface area contributed by atoms with Crippen LogP contribution in [0, 0.1) is 0 Å². The van der Waals surface area contributed by atoms with Crippen LogP contribution in [-0.2, 0) is 0 Å². The van der Waals surface area contributed by atoms with E-state index in [1.165, 1.54) is 12.8 Å². The topological polar surface area (TPSA) is 29.5 Å². The van der Waals surface area contributed by atoms with Gasteiger partial charge in [-0.25, -0.2) is 0 Å². The third kappa shape index (κ3) is 2.51. The molecule has 88 valence electrons. The highest BCUT2D eigenvalue weighted by atomic mass is 32.1. The van der Waals surface area contributed by atoms with Crippen LogP contribution in [-0.4, -0.2) is 11.2 Å². The lowest BCUT2D eigenvalue weighted by Gasteiger charge is -2.10. The lowest BCUT2D eigenvalue weighted by atomic mass is 10.0. The van der Waals surface area contributed by atoms with Crippen molar-refractivity contribution in [2.45, 2.75) is 25.0 Å². The molecule has 0 radical (unpaired) electrons. The zero-order valence-electron chi connectivity index (χ0n) is 9.37. The SMILES string of the molecule is OC(c1ccc(OC2CC2)cc1)c1ccsc1. The molecule has 0 saturated heterocycles. The van der Waals surface area contributed by atoms with E-state index in [1.807, 2.05) is 41.1 Å². The summed E-state index contributed by atoms with van der Waals surface area (Å²) in [4.78, 5) is 0. The van der Waals surface area contributed by atoms with Gasteiger partial charge in [0, 0.05) is 0 Å². The van der Waals surface area contributed by atoms with Gasteiger partial charge in [-0.3, -0.25) is 0 Å². The summed E-state index contributed by atoms with van der Waals surface area (Å²) in [5.74, 6) is 0.897. The Morgan fingerprint density at radius 3 is 2.47 bits per heavy atom. The van der Waals surface area contributed by atoms with Gasteiger partial charge in [0.2, 0.25) is 0 Å². The smallest absolute Gasteiger partial charge is 0.119 e. The molecule has 2 aromatic rings. The number of hydrogen-bond donors (Lipinski definition) is 1. The molecule has 0 aliphatic heterocycles. The molecule has 3 heteroatoms. The molecular formula is C14H14O2S. The fourth-order valence-electron chi connectivity index (χ4n) is 1.73. The van der Waals surface area contributed by atoms with Gasteiger partial charge < -0.3 is 9.84 Å². The maximum atomic E-state index is 10.1. The normalized spacial score (nSPS) is 16.8. The number of aliphatic hydroxyl groups is 1. The van der Waals surface area contributed by atoms with Crippen molar-refractivity contribution in [3.8, 4) is 5.75 Å². The van der Waals surface area contributed by atoms with Gasteiger partial charge in [0.25, 0.3) is 0 Å². The predicted molar refractivity (Wildman–Crippen MR) is 68.5 cm³/mol. The van der Waals surface area contributed by atoms with Crippen LogP contribution >= 0.6 is 11.3 Å². The third-order valence-electron chi connectivity index (χ3n) is 2.88. The van der Waals surface area contributed by atoms with Crippen molar-refractivity contribution in [3.05, 3.63) is 52.2 Å². The largest absolute Gasteiger partial charge is 0.490 e. The van der Waals surface area contributed by atoms with Gasteiger partial charge in [-0.05, 0) is 52.9 Å². The summed E-state index contributed by atoms with van der Waals surface area (Å²) >= 11 is 1.60. The Hall–Kier alpha value is -1.32. The molecule has 1 unspecified atom stereocenters. The fraction of sp³-hybridized carbons (Fsp3) is 0.286. The zero-order valence-corrected chi connectivity index (χ0v) is 10.2. The van der Waals surface area contributed by atoms with Crippen LogP contribution in [0.5, 0.6) is 5.75 Å². The van der Waals surface area contributed by atoms with Crippen molar-refractivity contribution in [2.24, 2.45) is 0 Å². The van der Waals surface area contributed by atoms with Crippen molar-refractivity contribution < 1.29 is 9.84 Å². The van der Waals surface area contributed by atoms with Crippen LogP contribution in [0.2, 0.25) is 0 Å². The molecule has 1 heterocycles. The van der Waals surface area contributed by atoms with Gasteiger partial charge in [-0.2, -0.15) is 11.3 Å². The van der Waals surface area contributed by atoms with Gasteiger partial charge in [-0.1, -0.05) is 12.1 Å². The second-order valence-electron chi connectivity index (χ2n) is 4.35. The minimum Gasteiger partial charge on any atom is -0.490 e. The maximum Gasteiger partial charge on any atom is 0.119 e. The highest BCUT2D eigenvalue weighted by molar-refractivity contribution is 7.07. The number of thiophene rings is 1. The highest BCUT2D eigenvalue weighted by Crippen LogP contribution is 2.29. The molecule has 1 fully saturated rings. The van der Waals surface area contributed by atoms with E-state index in [4.69, 9.17) is 4.74 Å². The number of aliphatic hydroxyl groups excluding tert-OH is 1. The van der Waals surface area contributed by atoms with Crippen molar-refractivity contribution >= 4 is 11.3 Å². The van der Waals surface area contributed by atoms with Crippen molar-refractivity contribution in [3.63, 3.8) is 0 Å². The average Bonchev–Trinajstić information content (AvgIpc) is 3.00. The van der Waals surface area contributed by atoms with E-state index >= 15 is 0 Å². The standard InChI is InChI=1S/C14H14O2S/c15-14(11-7-8-17-9-11)10-1-3-12(4-2-10)16-13-5-6-13/h1-4,7-9,13-15H,5-6H2.